The van der Waals surface area contributed by atoms with Crippen LogP contribution in [0.25, 0.3) is 0 Å². The van der Waals surface area contributed by atoms with Gasteiger partial charge in [0.2, 0.25) is 5.91 Å². The molecule has 1 fully saturated rings. The Morgan fingerprint density at radius 1 is 1.48 bits per heavy atom. The van der Waals surface area contributed by atoms with Gasteiger partial charge in [-0.15, -0.1) is 0 Å². The lowest BCUT2D eigenvalue weighted by Gasteiger charge is -2.31. The maximum absolute atomic E-state index is 12.2. The number of anilines is 1. The molecule has 1 aromatic heterocycles. The van der Waals surface area contributed by atoms with E-state index >= 15 is 0 Å². The number of amides is 2. The molecule has 2 rings (SSSR count). The molecule has 1 aliphatic rings. The minimum atomic E-state index is -0.140. The van der Waals surface area contributed by atoms with Crippen LogP contribution in [-0.2, 0) is 4.79 Å². The predicted molar refractivity (Wildman–Crippen MR) is 76.3 cm³/mol. The third kappa shape index (κ3) is 3.94. The lowest BCUT2D eigenvalue weighted by molar-refractivity contribution is -0.126. The molecule has 0 aromatic carbocycles. The first kappa shape index (κ1) is 15.3. The maximum Gasteiger partial charge on any atom is 0.271 e. The van der Waals surface area contributed by atoms with E-state index < -0.39 is 0 Å². The number of H-pyrrole nitrogens is 1. The first-order chi connectivity index (χ1) is 10.1. The van der Waals surface area contributed by atoms with Gasteiger partial charge in [0.1, 0.15) is 11.5 Å². The fourth-order valence-electron chi connectivity index (χ4n) is 2.40. The lowest BCUT2D eigenvalue weighted by Crippen LogP contribution is -2.43. The molecule has 1 saturated heterocycles. The number of hydrogen-bond acceptors (Lipinski definition) is 5. The highest BCUT2D eigenvalue weighted by molar-refractivity contribution is 5.93. The number of carbonyl (C=O) groups is 2. The van der Waals surface area contributed by atoms with E-state index in [9.17, 15) is 9.59 Å². The van der Waals surface area contributed by atoms with Gasteiger partial charge in [-0.25, -0.2) is 0 Å². The Morgan fingerprint density at radius 2 is 2.19 bits per heavy atom. The SMILES string of the molecule is Nc1cc(C(=O)N2CCC(C(=O)NCCCO)CC2)[nH]n1. The summed E-state index contributed by atoms with van der Waals surface area (Å²) >= 11 is 0. The lowest BCUT2D eigenvalue weighted by atomic mass is 9.95. The van der Waals surface area contributed by atoms with E-state index in [0.717, 1.165) is 0 Å². The number of rotatable bonds is 5. The van der Waals surface area contributed by atoms with Crippen LogP contribution in [0.15, 0.2) is 6.07 Å². The van der Waals surface area contributed by atoms with Crippen LogP contribution in [0.1, 0.15) is 29.8 Å². The molecule has 0 radical (unpaired) electrons. The molecule has 8 heteroatoms. The standard InChI is InChI=1S/C13H21N5O3/c14-11-8-10(16-17-11)13(21)18-5-2-9(3-6-18)12(20)15-4-1-7-19/h8-9,19H,1-7H2,(H,15,20)(H3,14,16,17). The number of carbonyl (C=O) groups excluding carboxylic acids is 2. The third-order valence-electron chi connectivity index (χ3n) is 3.62. The van der Waals surface area contributed by atoms with Crippen molar-refractivity contribution in [1.82, 2.24) is 20.4 Å². The average Bonchev–Trinajstić information content (AvgIpc) is 2.93. The van der Waals surface area contributed by atoms with E-state index in [1.54, 1.807) is 4.90 Å². The molecule has 0 saturated carbocycles. The van der Waals surface area contributed by atoms with E-state index in [1.807, 2.05) is 0 Å². The summed E-state index contributed by atoms with van der Waals surface area (Å²) < 4.78 is 0. The quantitative estimate of drug-likeness (QED) is 0.537. The largest absolute Gasteiger partial charge is 0.396 e. The van der Waals surface area contributed by atoms with Gasteiger partial charge in [-0.1, -0.05) is 0 Å². The second-order valence-electron chi connectivity index (χ2n) is 5.14. The highest BCUT2D eigenvalue weighted by Gasteiger charge is 2.28. The molecule has 21 heavy (non-hydrogen) atoms. The number of nitrogens with two attached hydrogens (primary N) is 1. The zero-order valence-corrected chi connectivity index (χ0v) is 11.8. The van der Waals surface area contributed by atoms with Gasteiger partial charge in [0.05, 0.1) is 0 Å². The summed E-state index contributed by atoms with van der Waals surface area (Å²) in [7, 11) is 0. The van der Waals surface area contributed by atoms with Crippen molar-refractivity contribution >= 4 is 17.6 Å². The van der Waals surface area contributed by atoms with Crippen LogP contribution in [0.2, 0.25) is 0 Å². The summed E-state index contributed by atoms with van der Waals surface area (Å²) in [4.78, 5) is 25.8. The van der Waals surface area contributed by atoms with Crippen molar-refractivity contribution in [2.24, 2.45) is 5.92 Å². The second kappa shape index (κ2) is 7.07. The molecular weight excluding hydrogens is 274 g/mol. The molecule has 0 aliphatic carbocycles. The van der Waals surface area contributed by atoms with Crippen molar-refractivity contribution in [3.63, 3.8) is 0 Å². The molecule has 5 N–H and O–H groups in total. The van der Waals surface area contributed by atoms with E-state index in [-0.39, 0.29) is 30.2 Å². The van der Waals surface area contributed by atoms with Crippen molar-refractivity contribution in [1.29, 1.82) is 0 Å². The normalized spacial score (nSPS) is 16.0. The third-order valence-corrected chi connectivity index (χ3v) is 3.62. The van der Waals surface area contributed by atoms with Crippen LogP contribution in [-0.4, -0.2) is 58.3 Å². The Hall–Kier alpha value is -2.09. The number of nitrogens with one attached hydrogen (secondary N) is 2. The Morgan fingerprint density at radius 3 is 2.76 bits per heavy atom. The van der Waals surface area contributed by atoms with Crippen LogP contribution in [0.3, 0.4) is 0 Å². The topological polar surface area (TPSA) is 124 Å². The fraction of sp³-hybridized carbons (Fsp3) is 0.615. The average molecular weight is 295 g/mol. The summed E-state index contributed by atoms with van der Waals surface area (Å²) in [5.74, 6) is 0.0794. The van der Waals surface area contributed by atoms with Gasteiger partial charge in [0, 0.05) is 38.2 Å². The molecule has 0 atom stereocenters. The summed E-state index contributed by atoms with van der Waals surface area (Å²) in [6, 6.07) is 1.51. The Bertz CT molecular complexity index is 494. The Labute approximate surface area is 122 Å². The summed E-state index contributed by atoms with van der Waals surface area (Å²) in [6.07, 6.45) is 1.84. The van der Waals surface area contributed by atoms with Crippen molar-refractivity contribution in [3.05, 3.63) is 11.8 Å². The van der Waals surface area contributed by atoms with Crippen LogP contribution >= 0.6 is 0 Å². The number of nitrogen functional groups attached to an aromatic ring is 1. The minimum absolute atomic E-state index is 0.00123. The molecule has 0 spiro atoms. The summed E-state index contributed by atoms with van der Waals surface area (Å²) in [6.45, 7) is 1.63. The van der Waals surface area contributed by atoms with E-state index in [1.165, 1.54) is 6.07 Å². The van der Waals surface area contributed by atoms with Crippen LogP contribution < -0.4 is 11.1 Å². The van der Waals surface area contributed by atoms with E-state index in [2.05, 4.69) is 15.5 Å². The van der Waals surface area contributed by atoms with Gasteiger partial charge >= 0.3 is 0 Å². The van der Waals surface area contributed by atoms with E-state index in [4.69, 9.17) is 10.8 Å². The van der Waals surface area contributed by atoms with Crippen LogP contribution in [0.4, 0.5) is 5.82 Å². The fourth-order valence-corrected chi connectivity index (χ4v) is 2.40. The maximum atomic E-state index is 12.2. The number of aromatic amines is 1. The number of aromatic nitrogens is 2. The first-order valence-electron chi connectivity index (χ1n) is 7.10. The molecule has 2 amide bonds. The molecular formula is C13H21N5O3. The number of aliphatic hydroxyl groups is 1. The zero-order chi connectivity index (χ0) is 15.2. The first-order valence-corrected chi connectivity index (χ1v) is 7.10. The molecule has 1 aromatic rings. The molecule has 0 unspecified atom stereocenters. The molecule has 2 heterocycles. The second-order valence-corrected chi connectivity index (χ2v) is 5.14. The van der Waals surface area contributed by atoms with Crippen molar-refractivity contribution in [2.75, 3.05) is 32.0 Å². The van der Waals surface area contributed by atoms with E-state index in [0.29, 0.717) is 44.6 Å². The highest BCUT2D eigenvalue weighted by Crippen LogP contribution is 2.19. The molecule has 0 bridgehead atoms. The Kier molecular flexibility index (Phi) is 5.15. The number of piperidine rings is 1. The number of hydrogen-bond donors (Lipinski definition) is 4. The molecule has 8 nitrogen and oxygen atoms in total. The van der Waals surface area contributed by atoms with Crippen LogP contribution in [0, 0.1) is 5.92 Å². The van der Waals surface area contributed by atoms with Crippen LogP contribution in [0.5, 0.6) is 0 Å². The minimum Gasteiger partial charge on any atom is -0.396 e. The molecule has 116 valence electrons. The summed E-state index contributed by atoms with van der Waals surface area (Å²) in [5.41, 5.74) is 5.86. The van der Waals surface area contributed by atoms with Gasteiger partial charge in [-0.05, 0) is 19.3 Å². The Balaban J connectivity index is 1.80. The number of likely N-dealkylation sites (tertiary alicyclic amines) is 1. The summed E-state index contributed by atoms with van der Waals surface area (Å²) in [5, 5.41) is 17.8. The predicted octanol–water partition coefficient (Wildman–Crippen LogP) is -0.657. The van der Waals surface area contributed by atoms with Crippen molar-refractivity contribution in [3.8, 4) is 0 Å². The van der Waals surface area contributed by atoms with Gasteiger partial charge in [0.15, 0.2) is 0 Å². The van der Waals surface area contributed by atoms with Crippen molar-refractivity contribution in [2.45, 2.75) is 19.3 Å². The number of nitrogens with zero attached hydrogens (tertiary/aromatic N) is 2. The zero-order valence-electron chi connectivity index (χ0n) is 11.8. The smallest absolute Gasteiger partial charge is 0.271 e. The molecule has 1 aliphatic heterocycles. The number of aliphatic hydroxyl groups excluding tert-OH is 1. The highest BCUT2D eigenvalue weighted by atomic mass is 16.3. The van der Waals surface area contributed by atoms with Crippen molar-refractivity contribution < 1.29 is 14.7 Å². The van der Waals surface area contributed by atoms with Gasteiger partial charge < -0.3 is 21.1 Å². The van der Waals surface area contributed by atoms with Gasteiger partial charge in [-0.2, -0.15) is 5.10 Å². The monoisotopic (exact) mass is 295 g/mol. The van der Waals surface area contributed by atoms with Gasteiger partial charge in [0.25, 0.3) is 5.91 Å². The van der Waals surface area contributed by atoms with Gasteiger partial charge in [-0.3, -0.25) is 14.7 Å².